The standard InChI is InChI=1S/C22H21N7O2/c23-19-10-25-17(8-26-19)14-2-4-15(5-3-14)22(6-1-7-22)21-27-20(31-28-21)18-9-24-13-29(18)16-11-30-12-16/h2-5,8-10,13,16H,1,6-7,11-12H2,(H2,23,26). The van der Waals surface area contributed by atoms with E-state index in [9.17, 15) is 0 Å². The number of ether oxygens (including phenoxy) is 1. The van der Waals surface area contributed by atoms with Crippen LogP contribution in [0.25, 0.3) is 22.8 Å². The van der Waals surface area contributed by atoms with E-state index in [4.69, 9.17) is 20.0 Å². The van der Waals surface area contributed by atoms with E-state index in [0.717, 1.165) is 42.0 Å². The molecule has 0 bridgehead atoms. The van der Waals surface area contributed by atoms with Gasteiger partial charge in [-0.1, -0.05) is 35.8 Å². The van der Waals surface area contributed by atoms with Crippen LogP contribution in [0.3, 0.4) is 0 Å². The molecule has 1 saturated heterocycles. The number of rotatable bonds is 5. The Kier molecular flexibility index (Phi) is 4.10. The van der Waals surface area contributed by atoms with E-state index in [2.05, 4.69) is 48.9 Å². The summed E-state index contributed by atoms with van der Waals surface area (Å²) in [5.74, 6) is 1.64. The predicted molar refractivity (Wildman–Crippen MR) is 112 cm³/mol. The molecule has 1 aliphatic carbocycles. The number of aromatic nitrogens is 6. The maximum Gasteiger partial charge on any atom is 0.276 e. The Labute approximate surface area is 178 Å². The van der Waals surface area contributed by atoms with Gasteiger partial charge in [-0.05, 0) is 18.4 Å². The first kappa shape index (κ1) is 18.2. The van der Waals surface area contributed by atoms with Crippen LogP contribution in [0.4, 0.5) is 5.82 Å². The quantitative estimate of drug-likeness (QED) is 0.528. The summed E-state index contributed by atoms with van der Waals surface area (Å²) in [6, 6.07) is 8.64. The molecule has 2 aliphatic rings. The minimum absolute atomic E-state index is 0.225. The van der Waals surface area contributed by atoms with E-state index in [1.807, 2.05) is 0 Å². The van der Waals surface area contributed by atoms with Gasteiger partial charge in [0.25, 0.3) is 5.89 Å². The van der Waals surface area contributed by atoms with Crippen molar-refractivity contribution in [2.75, 3.05) is 18.9 Å². The lowest BCUT2D eigenvalue weighted by molar-refractivity contribution is -0.0228. The second-order valence-corrected chi connectivity index (χ2v) is 8.14. The highest BCUT2D eigenvalue weighted by atomic mass is 16.5. The zero-order valence-corrected chi connectivity index (χ0v) is 16.8. The second-order valence-electron chi connectivity index (χ2n) is 8.14. The Morgan fingerprint density at radius 1 is 1.03 bits per heavy atom. The average molecular weight is 415 g/mol. The van der Waals surface area contributed by atoms with Crippen molar-refractivity contribution in [3.63, 3.8) is 0 Å². The maximum absolute atomic E-state index is 5.68. The van der Waals surface area contributed by atoms with Gasteiger partial charge in [0, 0.05) is 5.56 Å². The summed E-state index contributed by atoms with van der Waals surface area (Å²) in [5.41, 5.74) is 9.21. The molecule has 0 radical (unpaired) electrons. The molecule has 2 fully saturated rings. The van der Waals surface area contributed by atoms with Gasteiger partial charge in [0.15, 0.2) is 5.82 Å². The lowest BCUT2D eigenvalue weighted by atomic mass is 9.64. The minimum Gasteiger partial charge on any atom is -0.382 e. The molecule has 0 atom stereocenters. The van der Waals surface area contributed by atoms with E-state index in [1.165, 1.54) is 5.56 Å². The Hall–Kier alpha value is -3.59. The zero-order chi connectivity index (χ0) is 20.8. The predicted octanol–water partition coefficient (Wildman–Crippen LogP) is 3.01. The molecule has 4 aromatic rings. The number of hydrogen-bond acceptors (Lipinski definition) is 8. The highest BCUT2D eigenvalue weighted by molar-refractivity contribution is 5.60. The molecule has 3 aromatic heterocycles. The summed E-state index contributed by atoms with van der Waals surface area (Å²) >= 11 is 0. The highest BCUT2D eigenvalue weighted by Crippen LogP contribution is 2.48. The van der Waals surface area contributed by atoms with Crippen molar-refractivity contribution in [1.29, 1.82) is 0 Å². The van der Waals surface area contributed by atoms with Gasteiger partial charge in [-0.25, -0.2) is 9.97 Å². The summed E-state index contributed by atoms with van der Waals surface area (Å²) in [7, 11) is 0. The Morgan fingerprint density at radius 3 is 2.52 bits per heavy atom. The number of imidazole rings is 1. The molecule has 1 aromatic carbocycles. The zero-order valence-electron chi connectivity index (χ0n) is 16.8. The van der Waals surface area contributed by atoms with Crippen LogP contribution >= 0.6 is 0 Å². The molecule has 1 saturated carbocycles. The Morgan fingerprint density at radius 2 is 1.87 bits per heavy atom. The van der Waals surface area contributed by atoms with E-state index in [1.54, 1.807) is 24.9 Å². The first-order valence-electron chi connectivity index (χ1n) is 10.4. The van der Waals surface area contributed by atoms with Crippen molar-refractivity contribution >= 4 is 5.82 Å². The molecule has 6 rings (SSSR count). The highest BCUT2D eigenvalue weighted by Gasteiger charge is 2.44. The topological polar surface area (TPSA) is 118 Å². The molecule has 156 valence electrons. The number of nitrogens with zero attached hydrogens (tertiary/aromatic N) is 6. The Bertz CT molecular complexity index is 1210. The van der Waals surface area contributed by atoms with Crippen LogP contribution in [0, 0.1) is 0 Å². The van der Waals surface area contributed by atoms with Crippen LogP contribution < -0.4 is 5.73 Å². The lowest BCUT2D eigenvalue weighted by Gasteiger charge is -2.39. The molecule has 0 spiro atoms. The molecule has 4 heterocycles. The smallest absolute Gasteiger partial charge is 0.276 e. The molecule has 0 unspecified atom stereocenters. The number of hydrogen-bond donors (Lipinski definition) is 1. The number of benzene rings is 1. The largest absolute Gasteiger partial charge is 0.382 e. The van der Waals surface area contributed by atoms with Crippen molar-refractivity contribution in [2.45, 2.75) is 30.7 Å². The van der Waals surface area contributed by atoms with Crippen LogP contribution in [0.1, 0.15) is 36.7 Å². The van der Waals surface area contributed by atoms with Crippen molar-refractivity contribution in [1.82, 2.24) is 29.7 Å². The second kappa shape index (κ2) is 6.98. The molecule has 9 nitrogen and oxygen atoms in total. The third-order valence-electron chi connectivity index (χ3n) is 6.37. The summed E-state index contributed by atoms with van der Waals surface area (Å²) in [6.07, 6.45) is 9.93. The van der Waals surface area contributed by atoms with E-state index < -0.39 is 0 Å². The van der Waals surface area contributed by atoms with E-state index >= 15 is 0 Å². The van der Waals surface area contributed by atoms with Gasteiger partial charge >= 0.3 is 0 Å². The maximum atomic E-state index is 5.68. The van der Waals surface area contributed by atoms with Crippen LogP contribution in [-0.2, 0) is 10.2 Å². The monoisotopic (exact) mass is 415 g/mol. The molecule has 0 amide bonds. The van der Waals surface area contributed by atoms with Crippen molar-refractivity contribution in [3.8, 4) is 22.8 Å². The van der Waals surface area contributed by atoms with Gasteiger partial charge in [-0.15, -0.1) is 0 Å². The number of anilines is 1. The van der Waals surface area contributed by atoms with Crippen molar-refractivity contribution in [2.24, 2.45) is 0 Å². The third kappa shape index (κ3) is 2.92. The van der Waals surface area contributed by atoms with Crippen LogP contribution in [-0.4, -0.2) is 42.9 Å². The number of nitrogen functional groups attached to an aromatic ring is 1. The van der Waals surface area contributed by atoms with Crippen LogP contribution in [0.5, 0.6) is 0 Å². The van der Waals surface area contributed by atoms with Gasteiger partial charge in [0.05, 0.1) is 55.3 Å². The average Bonchev–Trinajstić information content (AvgIpc) is 3.37. The lowest BCUT2D eigenvalue weighted by Crippen LogP contribution is -2.36. The Balaban J connectivity index is 1.31. The van der Waals surface area contributed by atoms with Crippen LogP contribution in [0.15, 0.2) is 53.7 Å². The van der Waals surface area contributed by atoms with Gasteiger partial charge in [-0.2, -0.15) is 4.98 Å². The number of nitrogens with two attached hydrogens (primary N) is 1. The van der Waals surface area contributed by atoms with E-state index in [-0.39, 0.29) is 11.5 Å². The first-order chi connectivity index (χ1) is 15.2. The summed E-state index contributed by atoms with van der Waals surface area (Å²) in [5, 5.41) is 4.38. The fraction of sp³-hybridized carbons (Fsp3) is 0.318. The van der Waals surface area contributed by atoms with Crippen LogP contribution in [0.2, 0.25) is 0 Å². The van der Waals surface area contributed by atoms with Gasteiger partial charge in [-0.3, -0.25) is 4.98 Å². The van der Waals surface area contributed by atoms with Crippen molar-refractivity contribution in [3.05, 3.63) is 60.6 Å². The molecule has 9 heteroatoms. The van der Waals surface area contributed by atoms with Gasteiger partial charge in [0.1, 0.15) is 11.5 Å². The normalized spacial score (nSPS) is 17.8. The van der Waals surface area contributed by atoms with Crippen molar-refractivity contribution < 1.29 is 9.26 Å². The fourth-order valence-corrected chi connectivity index (χ4v) is 4.29. The SMILES string of the molecule is Nc1cnc(-c2ccc(C3(c4noc(-c5cncn5C5COC5)n4)CCC3)cc2)cn1. The minimum atomic E-state index is -0.225. The summed E-state index contributed by atoms with van der Waals surface area (Å²) < 4.78 is 13.0. The first-order valence-corrected chi connectivity index (χ1v) is 10.4. The molecular weight excluding hydrogens is 394 g/mol. The summed E-state index contributed by atoms with van der Waals surface area (Å²) in [4.78, 5) is 17.5. The fourth-order valence-electron chi connectivity index (χ4n) is 4.29. The van der Waals surface area contributed by atoms with Gasteiger partial charge in [0.2, 0.25) is 0 Å². The third-order valence-corrected chi connectivity index (χ3v) is 6.37. The molecule has 2 N–H and O–H groups in total. The molecule has 1 aliphatic heterocycles. The van der Waals surface area contributed by atoms with E-state index in [0.29, 0.717) is 24.9 Å². The van der Waals surface area contributed by atoms with Gasteiger partial charge < -0.3 is 19.6 Å². The molecular formula is C22H21N7O2. The molecule has 31 heavy (non-hydrogen) atoms. The summed E-state index contributed by atoms with van der Waals surface area (Å²) in [6.45, 7) is 1.36.